The molecule has 0 saturated carbocycles. The molecule has 0 unspecified atom stereocenters. The van der Waals surface area contributed by atoms with Crippen molar-refractivity contribution in [1.82, 2.24) is 0 Å². The third kappa shape index (κ3) is 5.04. The van der Waals surface area contributed by atoms with Crippen molar-refractivity contribution >= 4 is 29.0 Å². The van der Waals surface area contributed by atoms with Gasteiger partial charge in [0.15, 0.2) is 5.78 Å². The molecular formula is C15H20Cl2O2. The van der Waals surface area contributed by atoms with Crippen LogP contribution < -0.4 is 4.74 Å². The minimum atomic E-state index is 0.0473. The quantitative estimate of drug-likeness (QED) is 0.465. The van der Waals surface area contributed by atoms with E-state index in [1.807, 2.05) is 0 Å². The standard InChI is InChI=1S/C15H20Cl2O2/c1-3-4-5-6-7-8-14(18)11-9-13(17)15(19-2)10-12(11)16/h9-10H,3-8H2,1-2H3. The van der Waals surface area contributed by atoms with Crippen LogP contribution >= 0.6 is 23.2 Å². The first-order valence-electron chi connectivity index (χ1n) is 6.66. The fourth-order valence-corrected chi connectivity index (χ4v) is 2.42. The third-order valence-electron chi connectivity index (χ3n) is 3.05. The van der Waals surface area contributed by atoms with Gasteiger partial charge in [-0.2, -0.15) is 0 Å². The average molecular weight is 303 g/mol. The number of carbonyl (C=O) groups is 1. The van der Waals surface area contributed by atoms with Crippen LogP contribution in [0.15, 0.2) is 12.1 Å². The number of benzene rings is 1. The van der Waals surface area contributed by atoms with E-state index >= 15 is 0 Å². The van der Waals surface area contributed by atoms with Gasteiger partial charge < -0.3 is 4.74 Å². The summed E-state index contributed by atoms with van der Waals surface area (Å²) in [5, 5.41) is 0.820. The normalized spacial score (nSPS) is 10.5. The Morgan fingerprint density at radius 2 is 1.79 bits per heavy atom. The molecular weight excluding hydrogens is 283 g/mol. The van der Waals surface area contributed by atoms with E-state index in [1.165, 1.54) is 26.4 Å². The highest BCUT2D eigenvalue weighted by Gasteiger charge is 2.14. The summed E-state index contributed by atoms with van der Waals surface area (Å²) in [5.41, 5.74) is 0.489. The van der Waals surface area contributed by atoms with Crippen LogP contribution in [0.5, 0.6) is 5.75 Å². The molecule has 1 rings (SSSR count). The van der Waals surface area contributed by atoms with Crippen molar-refractivity contribution in [3.05, 3.63) is 27.7 Å². The number of carbonyl (C=O) groups excluding carboxylic acids is 1. The first-order chi connectivity index (χ1) is 9.10. The van der Waals surface area contributed by atoms with Gasteiger partial charge in [0.25, 0.3) is 0 Å². The number of rotatable bonds is 8. The molecule has 1 aromatic rings. The van der Waals surface area contributed by atoms with Crippen LogP contribution in [0.25, 0.3) is 0 Å². The van der Waals surface area contributed by atoms with Gasteiger partial charge in [-0.1, -0.05) is 55.8 Å². The Labute approximate surface area is 125 Å². The topological polar surface area (TPSA) is 26.3 Å². The van der Waals surface area contributed by atoms with E-state index in [0.717, 1.165) is 12.8 Å². The summed E-state index contributed by atoms with van der Waals surface area (Å²) in [6.07, 6.45) is 6.12. The summed E-state index contributed by atoms with van der Waals surface area (Å²) >= 11 is 12.1. The smallest absolute Gasteiger partial charge is 0.164 e. The van der Waals surface area contributed by atoms with E-state index in [-0.39, 0.29) is 5.78 Å². The minimum Gasteiger partial charge on any atom is -0.495 e. The highest BCUT2D eigenvalue weighted by Crippen LogP contribution is 2.31. The van der Waals surface area contributed by atoms with Crippen molar-refractivity contribution in [3.63, 3.8) is 0 Å². The Kier molecular flexibility index (Phi) is 7.25. The monoisotopic (exact) mass is 302 g/mol. The molecule has 1 aromatic carbocycles. The van der Waals surface area contributed by atoms with E-state index in [0.29, 0.717) is 27.8 Å². The van der Waals surface area contributed by atoms with Crippen LogP contribution in [0.2, 0.25) is 10.0 Å². The van der Waals surface area contributed by atoms with Gasteiger partial charge in [0.05, 0.1) is 17.2 Å². The van der Waals surface area contributed by atoms with Crippen molar-refractivity contribution in [2.24, 2.45) is 0 Å². The lowest BCUT2D eigenvalue weighted by Crippen LogP contribution is -2.01. The lowest BCUT2D eigenvalue weighted by molar-refractivity contribution is 0.0979. The first-order valence-corrected chi connectivity index (χ1v) is 7.42. The van der Waals surface area contributed by atoms with Crippen molar-refractivity contribution in [2.45, 2.75) is 45.4 Å². The fraction of sp³-hybridized carbons (Fsp3) is 0.533. The maximum absolute atomic E-state index is 12.1. The van der Waals surface area contributed by atoms with E-state index in [1.54, 1.807) is 12.1 Å². The Bertz CT molecular complexity index is 430. The maximum atomic E-state index is 12.1. The lowest BCUT2D eigenvalue weighted by atomic mass is 10.0. The van der Waals surface area contributed by atoms with Crippen molar-refractivity contribution < 1.29 is 9.53 Å². The second kappa shape index (κ2) is 8.44. The first kappa shape index (κ1) is 16.3. The van der Waals surface area contributed by atoms with Crippen molar-refractivity contribution in [3.8, 4) is 5.75 Å². The fourth-order valence-electron chi connectivity index (χ4n) is 1.92. The molecule has 0 bridgehead atoms. The number of hydrogen-bond donors (Lipinski definition) is 0. The van der Waals surface area contributed by atoms with Crippen LogP contribution in [0, 0.1) is 0 Å². The lowest BCUT2D eigenvalue weighted by Gasteiger charge is -2.08. The van der Waals surface area contributed by atoms with Gasteiger partial charge in [0, 0.05) is 18.1 Å². The zero-order valence-corrected chi connectivity index (χ0v) is 13.0. The molecule has 0 N–H and O–H groups in total. The SMILES string of the molecule is CCCCCCCC(=O)c1cc(Cl)c(OC)cc1Cl. The van der Waals surface area contributed by atoms with E-state index in [4.69, 9.17) is 27.9 Å². The van der Waals surface area contributed by atoms with Crippen LogP contribution in [0.4, 0.5) is 0 Å². The van der Waals surface area contributed by atoms with Crippen LogP contribution in [-0.2, 0) is 0 Å². The predicted octanol–water partition coefficient (Wildman–Crippen LogP) is 5.55. The number of halogens is 2. The molecule has 0 fully saturated rings. The van der Waals surface area contributed by atoms with Gasteiger partial charge in [0.2, 0.25) is 0 Å². The summed E-state index contributed by atoms with van der Waals surface area (Å²) in [7, 11) is 1.52. The molecule has 0 saturated heterocycles. The van der Waals surface area contributed by atoms with E-state index in [9.17, 15) is 4.79 Å². The zero-order chi connectivity index (χ0) is 14.3. The van der Waals surface area contributed by atoms with Gasteiger partial charge in [-0.3, -0.25) is 4.79 Å². The largest absolute Gasteiger partial charge is 0.495 e. The number of Topliss-reactive ketones (excluding diaryl/α,β-unsaturated/α-hetero) is 1. The molecule has 2 nitrogen and oxygen atoms in total. The number of hydrogen-bond acceptors (Lipinski definition) is 2. The second-order valence-corrected chi connectivity index (χ2v) is 5.37. The molecule has 106 valence electrons. The number of methoxy groups -OCH3 is 1. The molecule has 0 amide bonds. The molecule has 0 aliphatic carbocycles. The molecule has 4 heteroatoms. The number of ether oxygens (including phenoxy) is 1. The van der Waals surface area contributed by atoms with E-state index in [2.05, 4.69) is 6.92 Å². The van der Waals surface area contributed by atoms with Crippen LogP contribution in [-0.4, -0.2) is 12.9 Å². The molecule has 0 spiro atoms. The second-order valence-electron chi connectivity index (χ2n) is 4.55. The summed E-state index contributed by atoms with van der Waals surface area (Å²) in [6.45, 7) is 2.17. The molecule has 19 heavy (non-hydrogen) atoms. The van der Waals surface area contributed by atoms with E-state index < -0.39 is 0 Å². The minimum absolute atomic E-state index is 0.0473. The maximum Gasteiger partial charge on any atom is 0.164 e. The van der Waals surface area contributed by atoms with Gasteiger partial charge in [0.1, 0.15) is 5.75 Å². The van der Waals surface area contributed by atoms with Gasteiger partial charge >= 0.3 is 0 Å². The van der Waals surface area contributed by atoms with Crippen molar-refractivity contribution in [1.29, 1.82) is 0 Å². The number of unbranched alkanes of at least 4 members (excludes halogenated alkanes) is 4. The molecule has 0 radical (unpaired) electrons. The number of ketones is 1. The zero-order valence-electron chi connectivity index (χ0n) is 11.5. The Morgan fingerprint density at radius 1 is 1.11 bits per heavy atom. The molecule has 0 aliphatic rings. The Hall–Kier alpha value is -0.730. The highest BCUT2D eigenvalue weighted by atomic mass is 35.5. The summed E-state index contributed by atoms with van der Waals surface area (Å²) in [6, 6.07) is 3.19. The molecule has 0 aliphatic heterocycles. The summed E-state index contributed by atoms with van der Waals surface area (Å²) in [5.74, 6) is 0.539. The summed E-state index contributed by atoms with van der Waals surface area (Å²) < 4.78 is 5.06. The molecule has 0 atom stereocenters. The van der Waals surface area contributed by atoms with Gasteiger partial charge in [-0.05, 0) is 12.5 Å². The molecule has 0 aromatic heterocycles. The summed E-state index contributed by atoms with van der Waals surface area (Å²) in [4.78, 5) is 12.1. The Balaban J connectivity index is 2.59. The molecule has 0 heterocycles. The van der Waals surface area contributed by atoms with Gasteiger partial charge in [-0.15, -0.1) is 0 Å². The predicted molar refractivity (Wildman–Crippen MR) is 80.7 cm³/mol. The third-order valence-corrected chi connectivity index (χ3v) is 3.66. The van der Waals surface area contributed by atoms with Gasteiger partial charge in [-0.25, -0.2) is 0 Å². The average Bonchev–Trinajstić information content (AvgIpc) is 2.40. The highest BCUT2D eigenvalue weighted by molar-refractivity contribution is 6.36. The van der Waals surface area contributed by atoms with Crippen molar-refractivity contribution in [2.75, 3.05) is 7.11 Å². The van der Waals surface area contributed by atoms with Crippen LogP contribution in [0.1, 0.15) is 55.8 Å². The Morgan fingerprint density at radius 3 is 2.42 bits per heavy atom. The van der Waals surface area contributed by atoms with Crippen LogP contribution in [0.3, 0.4) is 0 Å².